The lowest BCUT2D eigenvalue weighted by Gasteiger charge is -2.35. The molecule has 0 bridgehead atoms. The van der Waals surface area contributed by atoms with Crippen LogP contribution >= 0.6 is 0 Å². The number of benzene rings is 1. The molecule has 3 heterocycles. The van der Waals surface area contributed by atoms with E-state index in [1.165, 1.54) is 0 Å². The number of rotatable bonds is 4. The van der Waals surface area contributed by atoms with Gasteiger partial charge in [0.2, 0.25) is 11.8 Å². The Hall–Kier alpha value is -2.37. The monoisotopic (exact) mass is 368 g/mol. The first-order valence-electron chi connectivity index (χ1n) is 10.2. The van der Waals surface area contributed by atoms with Gasteiger partial charge in [0.05, 0.1) is 17.1 Å². The van der Waals surface area contributed by atoms with Crippen LogP contribution in [0, 0.1) is 0 Å². The van der Waals surface area contributed by atoms with Crippen LogP contribution in [0.1, 0.15) is 63.2 Å². The predicted molar refractivity (Wildman–Crippen MR) is 104 cm³/mol. The van der Waals surface area contributed by atoms with Gasteiger partial charge in [-0.05, 0) is 44.2 Å². The van der Waals surface area contributed by atoms with E-state index in [0.29, 0.717) is 19.4 Å². The number of H-pyrrole nitrogens is 1. The Kier molecular flexibility index (Phi) is 5.41. The Bertz CT molecular complexity index is 782. The number of hydrogen-bond donors (Lipinski definition) is 1. The van der Waals surface area contributed by atoms with Crippen LogP contribution in [0.4, 0.5) is 0 Å². The minimum atomic E-state index is 0.0125. The molecular weight excluding hydrogens is 340 g/mol. The summed E-state index contributed by atoms with van der Waals surface area (Å²) >= 11 is 0. The number of piperidine rings is 1. The fourth-order valence-electron chi connectivity index (χ4n) is 4.29. The van der Waals surface area contributed by atoms with Crippen molar-refractivity contribution in [2.45, 2.75) is 57.4 Å². The third-order valence-corrected chi connectivity index (χ3v) is 5.81. The maximum Gasteiger partial charge on any atom is 0.224 e. The van der Waals surface area contributed by atoms with E-state index in [1.807, 2.05) is 34.1 Å². The van der Waals surface area contributed by atoms with Crippen LogP contribution in [0.25, 0.3) is 11.0 Å². The van der Waals surface area contributed by atoms with E-state index in [-0.39, 0.29) is 17.9 Å². The van der Waals surface area contributed by atoms with Gasteiger partial charge in [-0.1, -0.05) is 18.6 Å². The molecule has 2 aliphatic heterocycles. The van der Waals surface area contributed by atoms with Gasteiger partial charge in [-0.3, -0.25) is 9.59 Å². The second-order valence-electron chi connectivity index (χ2n) is 7.68. The summed E-state index contributed by atoms with van der Waals surface area (Å²) in [6.45, 7) is 2.11. The molecule has 27 heavy (non-hydrogen) atoms. The van der Waals surface area contributed by atoms with Crippen LogP contribution in [0.15, 0.2) is 24.3 Å². The highest BCUT2D eigenvalue weighted by molar-refractivity contribution is 5.80. The van der Waals surface area contributed by atoms with Crippen molar-refractivity contribution >= 4 is 22.8 Å². The standard InChI is InChI=1S/C21H28N4O2/c26-19-11-2-1-6-13-24(19)15-12-20(27)25-14-7-5-10-18(25)21-22-16-8-3-4-9-17(16)23-21/h3-4,8-9,18H,1-2,5-7,10-15H2,(H,22,23)/t18-/m1/s1. The summed E-state index contributed by atoms with van der Waals surface area (Å²) in [5.74, 6) is 1.22. The minimum Gasteiger partial charge on any atom is -0.342 e. The number of carbonyl (C=O) groups is 2. The first-order chi connectivity index (χ1) is 13.2. The number of likely N-dealkylation sites (tertiary alicyclic amines) is 2. The smallest absolute Gasteiger partial charge is 0.224 e. The number of fused-ring (bicyclic) bond motifs is 1. The quantitative estimate of drug-likeness (QED) is 0.899. The van der Waals surface area contributed by atoms with Crippen molar-refractivity contribution in [3.05, 3.63) is 30.1 Å². The molecular formula is C21H28N4O2. The van der Waals surface area contributed by atoms with Gasteiger partial charge >= 0.3 is 0 Å². The highest BCUT2D eigenvalue weighted by Gasteiger charge is 2.30. The Morgan fingerprint density at radius 3 is 2.85 bits per heavy atom. The molecule has 0 unspecified atom stereocenters. The molecule has 1 N–H and O–H groups in total. The summed E-state index contributed by atoms with van der Waals surface area (Å²) in [7, 11) is 0. The highest BCUT2D eigenvalue weighted by atomic mass is 16.2. The number of nitrogens with zero attached hydrogens (tertiary/aromatic N) is 3. The van der Waals surface area contributed by atoms with Crippen LogP contribution in [-0.2, 0) is 9.59 Å². The first-order valence-corrected chi connectivity index (χ1v) is 10.2. The fraction of sp³-hybridized carbons (Fsp3) is 0.571. The lowest BCUT2D eigenvalue weighted by atomic mass is 10.0. The molecule has 1 atom stereocenters. The Morgan fingerprint density at radius 1 is 1.11 bits per heavy atom. The fourth-order valence-corrected chi connectivity index (χ4v) is 4.29. The zero-order chi connectivity index (χ0) is 18.6. The summed E-state index contributed by atoms with van der Waals surface area (Å²) in [4.78, 5) is 37.1. The maximum atomic E-state index is 13.0. The number of amides is 2. The second-order valence-corrected chi connectivity index (χ2v) is 7.68. The molecule has 4 rings (SSSR count). The van der Waals surface area contributed by atoms with Gasteiger partial charge < -0.3 is 14.8 Å². The Balaban J connectivity index is 1.45. The van der Waals surface area contributed by atoms with Gasteiger partial charge in [-0.15, -0.1) is 0 Å². The first kappa shape index (κ1) is 18.0. The third kappa shape index (κ3) is 3.99. The van der Waals surface area contributed by atoms with Crippen molar-refractivity contribution in [3.63, 3.8) is 0 Å². The van der Waals surface area contributed by atoms with Crippen molar-refractivity contribution in [3.8, 4) is 0 Å². The molecule has 2 amide bonds. The third-order valence-electron chi connectivity index (χ3n) is 5.81. The number of carbonyl (C=O) groups excluding carboxylic acids is 2. The molecule has 6 heteroatoms. The SMILES string of the molecule is O=C1CCCCCN1CCC(=O)N1CCCC[C@@H]1c1nc2ccccc2[nH]1. The van der Waals surface area contributed by atoms with E-state index >= 15 is 0 Å². The van der Waals surface area contributed by atoms with E-state index < -0.39 is 0 Å². The van der Waals surface area contributed by atoms with Crippen LogP contribution in [0.3, 0.4) is 0 Å². The number of nitrogens with one attached hydrogen (secondary N) is 1. The Labute approximate surface area is 159 Å². The average Bonchev–Trinajstić information content (AvgIpc) is 3.03. The topological polar surface area (TPSA) is 69.3 Å². The molecule has 1 aromatic heterocycles. The summed E-state index contributed by atoms with van der Waals surface area (Å²) < 4.78 is 0. The molecule has 144 valence electrons. The number of imidazole rings is 1. The molecule has 0 saturated carbocycles. The summed E-state index contributed by atoms with van der Waals surface area (Å²) in [5, 5.41) is 0. The van der Waals surface area contributed by atoms with E-state index in [2.05, 4.69) is 4.98 Å². The second kappa shape index (κ2) is 8.11. The number of aromatic nitrogens is 2. The van der Waals surface area contributed by atoms with Gasteiger partial charge in [0.1, 0.15) is 5.82 Å². The lowest BCUT2D eigenvalue weighted by molar-refractivity contribution is -0.137. The predicted octanol–water partition coefficient (Wildman–Crippen LogP) is 3.41. The summed E-state index contributed by atoms with van der Waals surface area (Å²) in [6.07, 6.45) is 7.24. The van der Waals surface area contributed by atoms with Crippen molar-refractivity contribution in [2.24, 2.45) is 0 Å². The van der Waals surface area contributed by atoms with E-state index in [9.17, 15) is 9.59 Å². The van der Waals surface area contributed by atoms with Crippen molar-refractivity contribution < 1.29 is 9.59 Å². The number of hydrogen-bond acceptors (Lipinski definition) is 3. The molecule has 0 spiro atoms. The van der Waals surface area contributed by atoms with Crippen LogP contribution in [0.2, 0.25) is 0 Å². The maximum absolute atomic E-state index is 13.0. The lowest BCUT2D eigenvalue weighted by Crippen LogP contribution is -2.41. The van der Waals surface area contributed by atoms with Gasteiger partial charge in [0.15, 0.2) is 0 Å². The number of para-hydroxylation sites is 2. The molecule has 2 fully saturated rings. The van der Waals surface area contributed by atoms with E-state index in [4.69, 9.17) is 4.98 Å². The van der Waals surface area contributed by atoms with Gasteiger partial charge in [-0.2, -0.15) is 0 Å². The molecule has 2 aromatic rings. The summed E-state index contributed by atoms with van der Waals surface area (Å²) in [5.41, 5.74) is 1.96. The van der Waals surface area contributed by atoms with E-state index in [1.54, 1.807) is 0 Å². The normalized spacial score (nSPS) is 21.5. The zero-order valence-electron chi connectivity index (χ0n) is 15.8. The largest absolute Gasteiger partial charge is 0.342 e. The molecule has 2 aliphatic rings. The van der Waals surface area contributed by atoms with Crippen molar-refractivity contribution in [1.29, 1.82) is 0 Å². The molecule has 0 radical (unpaired) electrons. The minimum absolute atomic E-state index is 0.0125. The molecule has 1 aromatic carbocycles. The summed E-state index contributed by atoms with van der Waals surface area (Å²) in [6, 6.07) is 8.00. The average molecular weight is 368 g/mol. The molecule has 0 aliphatic carbocycles. The van der Waals surface area contributed by atoms with Crippen molar-refractivity contribution in [2.75, 3.05) is 19.6 Å². The van der Waals surface area contributed by atoms with E-state index in [0.717, 1.165) is 68.5 Å². The Morgan fingerprint density at radius 2 is 1.96 bits per heavy atom. The van der Waals surface area contributed by atoms with Crippen LogP contribution < -0.4 is 0 Å². The van der Waals surface area contributed by atoms with Gasteiger partial charge in [0.25, 0.3) is 0 Å². The molecule has 2 saturated heterocycles. The van der Waals surface area contributed by atoms with Crippen LogP contribution in [0.5, 0.6) is 0 Å². The highest BCUT2D eigenvalue weighted by Crippen LogP contribution is 2.31. The van der Waals surface area contributed by atoms with Crippen molar-refractivity contribution in [1.82, 2.24) is 19.8 Å². The van der Waals surface area contributed by atoms with Gasteiger partial charge in [0, 0.05) is 32.5 Å². The van der Waals surface area contributed by atoms with Gasteiger partial charge in [-0.25, -0.2) is 4.98 Å². The van der Waals surface area contributed by atoms with Crippen LogP contribution in [-0.4, -0.2) is 51.2 Å². The number of aromatic amines is 1. The zero-order valence-corrected chi connectivity index (χ0v) is 15.8. The molecule has 6 nitrogen and oxygen atoms in total.